The van der Waals surface area contributed by atoms with Gasteiger partial charge in [-0.05, 0) is 43.2 Å². The molecular weight excluding hydrogens is 266 g/mol. The highest BCUT2D eigenvalue weighted by Crippen LogP contribution is 2.39. The standard InChI is InChI=1S/C14H20ClNOS/c15-14-7-11-12(5-6-13(11)18-14)16-8-10(17)4-3-9-1-2-9/h7,9-10,12,16-17H,1-6,8H2. The molecular formula is C14H20ClNOS. The first-order chi connectivity index (χ1) is 8.72. The van der Waals surface area contributed by atoms with Crippen LogP contribution in [0.1, 0.15) is 48.6 Å². The number of rotatable bonds is 6. The summed E-state index contributed by atoms with van der Waals surface area (Å²) in [5.74, 6) is 0.911. The third kappa shape index (κ3) is 3.08. The van der Waals surface area contributed by atoms with Gasteiger partial charge in [0, 0.05) is 17.5 Å². The monoisotopic (exact) mass is 285 g/mol. The van der Waals surface area contributed by atoms with Crippen LogP contribution in [-0.2, 0) is 6.42 Å². The summed E-state index contributed by atoms with van der Waals surface area (Å²) in [6, 6.07) is 2.49. The van der Waals surface area contributed by atoms with Gasteiger partial charge in [0.2, 0.25) is 0 Å². The summed E-state index contributed by atoms with van der Waals surface area (Å²) >= 11 is 7.74. The van der Waals surface area contributed by atoms with Gasteiger partial charge in [0.25, 0.3) is 0 Å². The lowest BCUT2D eigenvalue weighted by atomic mass is 10.1. The van der Waals surface area contributed by atoms with E-state index in [2.05, 4.69) is 11.4 Å². The smallest absolute Gasteiger partial charge is 0.0934 e. The number of aryl methyl sites for hydroxylation is 1. The Labute approximate surface area is 117 Å². The second-order valence-corrected chi connectivity index (χ2v) is 7.37. The summed E-state index contributed by atoms with van der Waals surface area (Å²) in [6.45, 7) is 0.713. The van der Waals surface area contributed by atoms with Crippen LogP contribution >= 0.6 is 22.9 Å². The highest BCUT2D eigenvalue weighted by molar-refractivity contribution is 7.16. The number of hydrogen-bond donors (Lipinski definition) is 2. The predicted octanol–water partition coefficient (Wildman–Crippen LogP) is 3.53. The van der Waals surface area contributed by atoms with Crippen molar-refractivity contribution < 1.29 is 5.11 Å². The molecule has 100 valence electrons. The van der Waals surface area contributed by atoms with Crippen LogP contribution in [0.4, 0.5) is 0 Å². The van der Waals surface area contributed by atoms with Gasteiger partial charge in [0.1, 0.15) is 0 Å². The molecule has 1 aromatic rings. The van der Waals surface area contributed by atoms with Gasteiger partial charge in [-0.3, -0.25) is 0 Å². The molecule has 2 aliphatic rings. The Morgan fingerprint density at radius 3 is 3.06 bits per heavy atom. The van der Waals surface area contributed by atoms with E-state index in [1.54, 1.807) is 11.3 Å². The fourth-order valence-electron chi connectivity index (χ4n) is 2.76. The van der Waals surface area contributed by atoms with Crippen molar-refractivity contribution in [2.24, 2.45) is 5.92 Å². The summed E-state index contributed by atoms with van der Waals surface area (Å²) in [5.41, 5.74) is 1.36. The minimum absolute atomic E-state index is 0.191. The molecule has 3 rings (SSSR count). The van der Waals surface area contributed by atoms with Gasteiger partial charge in [0.15, 0.2) is 0 Å². The Morgan fingerprint density at radius 1 is 1.44 bits per heavy atom. The van der Waals surface area contributed by atoms with E-state index < -0.39 is 0 Å². The Kier molecular flexibility index (Phi) is 3.94. The van der Waals surface area contributed by atoms with Crippen molar-refractivity contribution in [2.75, 3.05) is 6.54 Å². The van der Waals surface area contributed by atoms with Gasteiger partial charge >= 0.3 is 0 Å². The van der Waals surface area contributed by atoms with Gasteiger partial charge in [-0.15, -0.1) is 11.3 Å². The molecule has 0 aromatic carbocycles. The molecule has 1 heterocycles. The molecule has 2 aliphatic carbocycles. The molecule has 0 bridgehead atoms. The first kappa shape index (κ1) is 12.9. The van der Waals surface area contributed by atoms with Crippen LogP contribution in [0.3, 0.4) is 0 Å². The zero-order chi connectivity index (χ0) is 12.5. The number of aliphatic hydroxyl groups is 1. The van der Waals surface area contributed by atoms with Crippen molar-refractivity contribution >= 4 is 22.9 Å². The van der Waals surface area contributed by atoms with E-state index in [0.717, 1.165) is 29.5 Å². The molecule has 2 unspecified atom stereocenters. The summed E-state index contributed by atoms with van der Waals surface area (Å²) in [5, 5.41) is 13.4. The molecule has 0 aliphatic heterocycles. The molecule has 4 heteroatoms. The normalized spacial score (nSPS) is 24.2. The van der Waals surface area contributed by atoms with E-state index in [4.69, 9.17) is 11.6 Å². The second kappa shape index (κ2) is 5.49. The second-order valence-electron chi connectivity index (χ2n) is 5.60. The molecule has 1 saturated carbocycles. The average Bonchev–Trinajstić information content (AvgIpc) is 3.00. The van der Waals surface area contributed by atoms with Crippen molar-refractivity contribution in [3.63, 3.8) is 0 Å². The van der Waals surface area contributed by atoms with Crippen LogP contribution in [0.2, 0.25) is 4.34 Å². The third-order valence-electron chi connectivity index (χ3n) is 4.05. The van der Waals surface area contributed by atoms with Crippen molar-refractivity contribution in [3.05, 3.63) is 20.8 Å². The number of nitrogens with one attached hydrogen (secondary N) is 1. The Bertz CT molecular complexity index is 416. The molecule has 2 nitrogen and oxygen atoms in total. The van der Waals surface area contributed by atoms with Gasteiger partial charge in [0.05, 0.1) is 10.4 Å². The van der Waals surface area contributed by atoms with Gasteiger partial charge < -0.3 is 10.4 Å². The van der Waals surface area contributed by atoms with Crippen molar-refractivity contribution in [1.29, 1.82) is 0 Å². The van der Waals surface area contributed by atoms with Gasteiger partial charge in [-0.25, -0.2) is 0 Å². The maximum atomic E-state index is 9.95. The van der Waals surface area contributed by atoms with Gasteiger partial charge in [-0.1, -0.05) is 24.4 Å². The lowest BCUT2D eigenvalue weighted by Crippen LogP contribution is -2.29. The summed E-state index contributed by atoms with van der Waals surface area (Å²) in [7, 11) is 0. The first-order valence-corrected chi connectivity index (χ1v) is 8.11. The topological polar surface area (TPSA) is 32.3 Å². The zero-order valence-corrected chi connectivity index (χ0v) is 12.1. The van der Waals surface area contributed by atoms with E-state index in [1.165, 1.54) is 29.7 Å². The van der Waals surface area contributed by atoms with Gasteiger partial charge in [-0.2, -0.15) is 0 Å². The number of thiophene rings is 1. The largest absolute Gasteiger partial charge is 0.392 e. The minimum Gasteiger partial charge on any atom is -0.392 e. The lowest BCUT2D eigenvalue weighted by Gasteiger charge is -2.16. The van der Waals surface area contributed by atoms with Crippen LogP contribution in [-0.4, -0.2) is 17.8 Å². The van der Waals surface area contributed by atoms with Crippen LogP contribution in [0, 0.1) is 5.92 Å². The SMILES string of the molecule is OC(CCC1CC1)CNC1CCc2sc(Cl)cc21. The number of hydrogen-bond acceptors (Lipinski definition) is 3. The number of aliphatic hydroxyl groups excluding tert-OH is 1. The summed E-state index contributed by atoms with van der Waals surface area (Å²) < 4.78 is 0.890. The molecule has 0 amide bonds. The zero-order valence-electron chi connectivity index (χ0n) is 10.5. The van der Waals surface area contributed by atoms with E-state index in [0.29, 0.717) is 12.6 Å². The van der Waals surface area contributed by atoms with Crippen molar-refractivity contribution in [1.82, 2.24) is 5.32 Å². The molecule has 18 heavy (non-hydrogen) atoms. The molecule has 0 saturated heterocycles. The lowest BCUT2D eigenvalue weighted by molar-refractivity contribution is 0.152. The van der Waals surface area contributed by atoms with E-state index in [1.807, 2.05) is 0 Å². The summed E-state index contributed by atoms with van der Waals surface area (Å²) in [4.78, 5) is 1.42. The quantitative estimate of drug-likeness (QED) is 0.838. The Morgan fingerprint density at radius 2 is 2.28 bits per heavy atom. The third-order valence-corrected chi connectivity index (χ3v) is 5.39. The van der Waals surface area contributed by atoms with Crippen molar-refractivity contribution in [2.45, 2.75) is 50.7 Å². The molecule has 2 N–H and O–H groups in total. The Hall–Kier alpha value is -0.0900. The Balaban J connectivity index is 1.45. The minimum atomic E-state index is -0.191. The van der Waals surface area contributed by atoms with Crippen molar-refractivity contribution in [3.8, 4) is 0 Å². The number of fused-ring (bicyclic) bond motifs is 1. The molecule has 1 fully saturated rings. The molecule has 1 aromatic heterocycles. The summed E-state index contributed by atoms with van der Waals surface area (Å²) in [6.07, 6.45) is 6.98. The molecule has 2 atom stereocenters. The fraction of sp³-hybridized carbons (Fsp3) is 0.714. The predicted molar refractivity (Wildman–Crippen MR) is 76.4 cm³/mol. The highest BCUT2D eigenvalue weighted by atomic mass is 35.5. The van der Waals surface area contributed by atoms with Crippen LogP contribution < -0.4 is 5.32 Å². The van der Waals surface area contributed by atoms with E-state index >= 15 is 0 Å². The number of halogens is 1. The van der Waals surface area contributed by atoms with Crippen LogP contribution in [0.5, 0.6) is 0 Å². The highest BCUT2D eigenvalue weighted by Gasteiger charge is 2.26. The van der Waals surface area contributed by atoms with Crippen LogP contribution in [0.25, 0.3) is 0 Å². The van der Waals surface area contributed by atoms with E-state index in [9.17, 15) is 5.11 Å². The average molecular weight is 286 g/mol. The maximum Gasteiger partial charge on any atom is 0.0934 e. The van der Waals surface area contributed by atoms with E-state index in [-0.39, 0.29) is 6.10 Å². The fourth-order valence-corrected chi connectivity index (χ4v) is 4.11. The molecule has 0 radical (unpaired) electrons. The van der Waals surface area contributed by atoms with Crippen LogP contribution in [0.15, 0.2) is 6.07 Å². The molecule has 0 spiro atoms. The first-order valence-electron chi connectivity index (χ1n) is 6.92. The maximum absolute atomic E-state index is 9.95.